The first-order valence-electron chi connectivity index (χ1n) is 4.95. The summed E-state index contributed by atoms with van der Waals surface area (Å²) in [6.07, 6.45) is 1.05. The number of carboxylic acid groups (broad SMARTS) is 1. The summed E-state index contributed by atoms with van der Waals surface area (Å²) in [5.74, 6) is -1.84. The first-order chi connectivity index (χ1) is 6.34. The molecule has 0 bridgehead atoms. The van der Waals surface area contributed by atoms with E-state index in [9.17, 15) is 9.18 Å². The summed E-state index contributed by atoms with van der Waals surface area (Å²) < 4.78 is 13.2. The Balaban J connectivity index is 4.70. The van der Waals surface area contributed by atoms with E-state index in [1.807, 2.05) is 27.7 Å². The van der Waals surface area contributed by atoms with Crippen LogP contribution in [-0.2, 0) is 4.79 Å². The van der Waals surface area contributed by atoms with Gasteiger partial charge in [-0.2, -0.15) is 4.39 Å². The van der Waals surface area contributed by atoms with E-state index < -0.39 is 11.8 Å². The first-order valence-corrected chi connectivity index (χ1v) is 4.95. The van der Waals surface area contributed by atoms with Crippen molar-refractivity contribution in [3.63, 3.8) is 0 Å². The van der Waals surface area contributed by atoms with Crippen LogP contribution in [0.5, 0.6) is 0 Å². The van der Waals surface area contributed by atoms with Crippen LogP contribution in [0.4, 0.5) is 4.39 Å². The molecular weight excluding hydrogens is 183 g/mol. The van der Waals surface area contributed by atoms with Crippen LogP contribution in [0.15, 0.2) is 11.4 Å². The SMILES string of the molecule is CC(C)CC(CC(C)C)=C(F)C(=O)O. The molecule has 0 rings (SSSR count). The van der Waals surface area contributed by atoms with E-state index in [4.69, 9.17) is 5.11 Å². The van der Waals surface area contributed by atoms with Gasteiger partial charge in [-0.1, -0.05) is 27.7 Å². The minimum absolute atomic E-state index is 0.286. The molecule has 0 aliphatic carbocycles. The molecular formula is C11H19FO2. The summed E-state index contributed by atoms with van der Waals surface area (Å²) in [6.45, 7) is 7.82. The maximum Gasteiger partial charge on any atom is 0.364 e. The molecule has 14 heavy (non-hydrogen) atoms. The van der Waals surface area contributed by atoms with Gasteiger partial charge in [0.1, 0.15) is 0 Å². The van der Waals surface area contributed by atoms with Gasteiger partial charge in [0.05, 0.1) is 0 Å². The van der Waals surface area contributed by atoms with Crippen molar-refractivity contribution >= 4 is 5.97 Å². The molecule has 0 aromatic heterocycles. The van der Waals surface area contributed by atoms with E-state index in [-0.39, 0.29) is 11.8 Å². The zero-order valence-electron chi connectivity index (χ0n) is 9.30. The third kappa shape index (κ3) is 5.00. The number of allylic oxidation sites excluding steroid dienone is 1. The largest absolute Gasteiger partial charge is 0.476 e. The van der Waals surface area contributed by atoms with Gasteiger partial charge in [0, 0.05) is 0 Å². The molecule has 0 saturated heterocycles. The van der Waals surface area contributed by atoms with Crippen LogP contribution in [0.3, 0.4) is 0 Å². The van der Waals surface area contributed by atoms with Gasteiger partial charge >= 0.3 is 5.97 Å². The van der Waals surface area contributed by atoms with Crippen LogP contribution >= 0.6 is 0 Å². The summed E-state index contributed by atoms with van der Waals surface area (Å²) in [6, 6.07) is 0. The summed E-state index contributed by atoms with van der Waals surface area (Å²) in [5, 5.41) is 8.55. The standard InChI is InChI=1S/C11H19FO2/c1-7(2)5-9(6-8(3)4)10(12)11(13)14/h7-8H,5-6H2,1-4H3,(H,13,14). The average molecular weight is 202 g/mol. The fourth-order valence-electron chi connectivity index (χ4n) is 1.40. The summed E-state index contributed by atoms with van der Waals surface area (Å²) in [7, 11) is 0. The Morgan fingerprint density at radius 1 is 1.14 bits per heavy atom. The highest BCUT2D eigenvalue weighted by atomic mass is 19.1. The summed E-state index contributed by atoms with van der Waals surface area (Å²) in [4.78, 5) is 10.5. The normalized spacial score (nSPS) is 10.8. The van der Waals surface area contributed by atoms with Crippen molar-refractivity contribution in [3.8, 4) is 0 Å². The van der Waals surface area contributed by atoms with E-state index in [0.29, 0.717) is 18.4 Å². The van der Waals surface area contributed by atoms with Gasteiger partial charge < -0.3 is 5.11 Å². The second-order valence-electron chi connectivity index (χ2n) is 4.42. The minimum Gasteiger partial charge on any atom is -0.476 e. The Hall–Kier alpha value is -0.860. The number of aliphatic carboxylic acids is 1. The fraction of sp³-hybridized carbons (Fsp3) is 0.727. The molecule has 82 valence electrons. The Kier molecular flexibility index (Phi) is 5.43. The fourth-order valence-corrected chi connectivity index (χ4v) is 1.40. The Morgan fingerprint density at radius 3 is 1.71 bits per heavy atom. The van der Waals surface area contributed by atoms with Crippen LogP contribution < -0.4 is 0 Å². The predicted molar refractivity (Wildman–Crippen MR) is 54.7 cm³/mol. The molecule has 2 nitrogen and oxygen atoms in total. The third-order valence-electron chi connectivity index (χ3n) is 1.81. The molecule has 0 aliphatic heterocycles. The highest BCUT2D eigenvalue weighted by Crippen LogP contribution is 2.23. The van der Waals surface area contributed by atoms with Crippen LogP contribution in [0, 0.1) is 11.8 Å². The Morgan fingerprint density at radius 2 is 1.50 bits per heavy atom. The highest BCUT2D eigenvalue weighted by Gasteiger charge is 2.15. The molecule has 0 saturated carbocycles. The second kappa shape index (κ2) is 5.78. The van der Waals surface area contributed by atoms with Crippen LogP contribution in [0.25, 0.3) is 0 Å². The number of hydrogen-bond donors (Lipinski definition) is 1. The van der Waals surface area contributed by atoms with Crippen molar-refractivity contribution in [2.45, 2.75) is 40.5 Å². The van der Waals surface area contributed by atoms with Gasteiger partial charge in [-0.3, -0.25) is 0 Å². The van der Waals surface area contributed by atoms with Gasteiger partial charge in [0.25, 0.3) is 0 Å². The molecule has 1 N–H and O–H groups in total. The third-order valence-corrected chi connectivity index (χ3v) is 1.81. The summed E-state index contributed by atoms with van der Waals surface area (Å²) in [5.41, 5.74) is 0.433. The summed E-state index contributed by atoms with van der Waals surface area (Å²) >= 11 is 0. The van der Waals surface area contributed by atoms with Crippen molar-refractivity contribution in [1.29, 1.82) is 0 Å². The van der Waals surface area contributed by atoms with Crippen molar-refractivity contribution in [3.05, 3.63) is 11.4 Å². The van der Waals surface area contributed by atoms with Gasteiger partial charge in [-0.15, -0.1) is 0 Å². The van der Waals surface area contributed by atoms with Gasteiger partial charge in [0.15, 0.2) is 0 Å². The van der Waals surface area contributed by atoms with Crippen LogP contribution in [-0.4, -0.2) is 11.1 Å². The lowest BCUT2D eigenvalue weighted by molar-refractivity contribution is -0.134. The first kappa shape index (κ1) is 13.1. The lowest BCUT2D eigenvalue weighted by atomic mass is 9.94. The molecule has 0 aromatic rings. The Bertz CT molecular complexity index is 217. The average Bonchev–Trinajstić information content (AvgIpc) is 1.99. The quantitative estimate of drug-likeness (QED) is 0.694. The van der Waals surface area contributed by atoms with Crippen molar-refractivity contribution < 1.29 is 14.3 Å². The van der Waals surface area contributed by atoms with Crippen molar-refractivity contribution in [2.75, 3.05) is 0 Å². The van der Waals surface area contributed by atoms with E-state index >= 15 is 0 Å². The van der Waals surface area contributed by atoms with Crippen molar-refractivity contribution in [2.24, 2.45) is 11.8 Å². The van der Waals surface area contributed by atoms with Gasteiger partial charge in [-0.05, 0) is 30.3 Å². The highest BCUT2D eigenvalue weighted by molar-refractivity contribution is 5.84. The zero-order chi connectivity index (χ0) is 11.3. The minimum atomic E-state index is -1.44. The van der Waals surface area contributed by atoms with E-state index in [2.05, 4.69) is 0 Å². The number of hydrogen-bond acceptors (Lipinski definition) is 1. The second-order valence-corrected chi connectivity index (χ2v) is 4.42. The molecule has 0 aromatic carbocycles. The molecule has 0 unspecified atom stereocenters. The molecule has 0 atom stereocenters. The monoisotopic (exact) mass is 202 g/mol. The number of rotatable bonds is 5. The number of carboxylic acids is 1. The van der Waals surface area contributed by atoms with Gasteiger partial charge in [0.2, 0.25) is 5.83 Å². The maximum absolute atomic E-state index is 13.2. The molecule has 0 spiro atoms. The van der Waals surface area contributed by atoms with E-state index in [0.717, 1.165) is 0 Å². The Labute approximate surface area is 84.8 Å². The zero-order valence-corrected chi connectivity index (χ0v) is 9.30. The van der Waals surface area contributed by atoms with E-state index in [1.54, 1.807) is 0 Å². The van der Waals surface area contributed by atoms with E-state index in [1.165, 1.54) is 0 Å². The van der Waals surface area contributed by atoms with Crippen LogP contribution in [0.1, 0.15) is 40.5 Å². The van der Waals surface area contributed by atoms with Crippen LogP contribution in [0.2, 0.25) is 0 Å². The number of carbonyl (C=O) groups is 1. The lowest BCUT2D eigenvalue weighted by Gasteiger charge is -2.12. The predicted octanol–water partition coefficient (Wildman–Crippen LogP) is 3.39. The molecule has 0 heterocycles. The number of halogens is 1. The molecule has 0 fully saturated rings. The molecule has 3 heteroatoms. The maximum atomic E-state index is 13.2. The van der Waals surface area contributed by atoms with Gasteiger partial charge in [-0.25, -0.2) is 4.79 Å². The topological polar surface area (TPSA) is 37.3 Å². The molecule has 0 radical (unpaired) electrons. The molecule has 0 amide bonds. The van der Waals surface area contributed by atoms with Crippen molar-refractivity contribution in [1.82, 2.24) is 0 Å². The lowest BCUT2D eigenvalue weighted by Crippen LogP contribution is -2.05. The smallest absolute Gasteiger partial charge is 0.364 e. The molecule has 0 aliphatic rings.